The molecule has 0 saturated heterocycles. The number of hydrogen-bond donors (Lipinski definition) is 0. The van der Waals surface area contributed by atoms with Crippen LogP contribution in [-0.4, -0.2) is 42.2 Å². The van der Waals surface area contributed by atoms with Crippen LogP contribution in [-0.2, 0) is 11.8 Å². The van der Waals surface area contributed by atoms with Gasteiger partial charge >= 0.3 is 0 Å². The number of rotatable bonds is 6. The number of amides is 1. The van der Waals surface area contributed by atoms with E-state index < -0.39 is 0 Å². The molecule has 1 aromatic heterocycles. The Bertz CT molecular complexity index is 401. The Morgan fingerprint density at radius 3 is 2.88 bits per heavy atom. The lowest BCUT2D eigenvalue weighted by atomic mass is 10.3. The number of nitrogens with zero attached hydrogens (tertiary/aromatic N) is 2. The molecule has 0 aliphatic rings. The fourth-order valence-electron chi connectivity index (χ4n) is 1.53. The van der Waals surface area contributed by atoms with Crippen LogP contribution in [0.15, 0.2) is 29.4 Å². The molecule has 0 radical (unpaired) electrons. The van der Waals surface area contributed by atoms with Crippen LogP contribution in [0.3, 0.4) is 0 Å². The number of hydrogen-bond acceptors (Lipinski definition) is 2. The van der Waals surface area contributed by atoms with Gasteiger partial charge < -0.3 is 14.2 Å². The predicted molar refractivity (Wildman–Crippen MR) is 71.1 cm³/mol. The van der Waals surface area contributed by atoms with E-state index >= 15 is 0 Å². The minimum atomic E-state index is -0.0184. The highest BCUT2D eigenvalue weighted by Crippen LogP contribution is 2.15. The Morgan fingerprint density at radius 1 is 1.71 bits per heavy atom. The van der Waals surface area contributed by atoms with Crippen molar-refractivity contribution in [1.82, 2.24) is 9.47 Å². The lowest BCUT2D eigenvalue weighted by Gasteiger charge is -2.20. The highest BCUT2D eigenvalue weighted by Gasteiger charge is 2.17. The second-order valence-electron chi connectivity index (χ2n) is 3.69. The molecule has 1 amide bonds. The lowest BCUT2D eigenvalue weighted by molar-refractivity contribution is 0.0709. The number of carbonyl (C=O) groups excluding carboxylic acids is 1. The summed E-state index contributed by atoms with van der Waals surface area (Å²) in [6.07, 6.45) is 3.57. The fraction of sp³-hybridized carbons (Fsp3) is 0.417. The third-order valence-corrected chi connectivity index (χ3v) is 2.83. The van der Waals surface area contributed by atoms with Gasteiger partial charge in [-0.05, 0) is 22.0 Å². The summed E-state index contributed by atoms with van der Waals surface area (Å²) in [6.45, 7) is 5.26. The molecule has 0 bridgehead atoms. The summed E-state index contributed by atoms with van der Waals surface area (Å²) in [5.74, 6) is -0.0184. The molecule has 17 heavy (non-hydrogen) atoms. The van der Waals surface area contributed by atoms with Crippen molar-refractivity contribution in [3.8, 4) is 0 Å². The maximum absolute atomic E-state index is 12.3. The quantitative estimate of drug-likeness (QED) is 0.754. The maximum Gasteiger partial charge on any atom is 0.270 e. The fourth-order valence-corrected chi connectivity index (χ4v) is 2.06. The van der Waals surface area contributed by atoms with Gasteiger partial charge in [-0.2, -0.15) is 0 Å². The van der Waals surface area contributed by atoms with Crippen molar-refractivity contribution in [2.24, 2.45) is 7.05 Å². The largest absolute Gasteiger partial charge is 0.383 e. The number of aromatic nitrogens is 1. The van der Waals surface area contributed by atoms with E-state index in [1.807, 2.05) is 19.3 Å². The average Bonchev–Trinajstić information content (AvgIpc) is 2.63. The molecule has 0 atom stereocenters. The number of ether oxygens (including phenoxy) is 1. The summed E-state index contributed by atoms with van der Waals surface area (Å²) in [7, 11) is 3.47. The SMILES string of the molecule is C=CCN(CCOC)C(=O)c1cc(Br)cn1C. The van der Waals surface area contributed by atoms with Crippen molar-refractivity contribution in [3.63, 3.8) is 0 Å². The topological polar surface area (TPSA) is 34.5 Å². The van der Waals surface area contributed by atoms with E-state index in [1.165, 1.54) is 0 Å². The number of aryl methyl sites for hydroxylation is 1. The van der Waals surface area contributed by atoms with Crippen molar-refractivity contribution in [2.75, 3.05) is 26.8 Å². The van der Waals surface area contributed by atoms with Crippen molar-refractivity contribution in [1.29, 1.82) is 0 Å². The molecule has 0 spiro atoms. The molecule has 5 heteroatoms. The summed E-state index contributed by atoms with van der Waals surface area (Å²) >= 11 is 3.36. The van der Waals surface area contributed by atoms with Crippen LogP contribution in [0, 0.1) is 0 Å². The number of halogens is 1. The molecule has 4 nitrogen and oxygen atoms in total. The van der Waals surface area contributed by atoms with Crippen molar-refractivity contribution < 1.29 is 9.53 Å². The molecule has 1 heterocycles. The zero-order valence-electron chi connectivity index (χ0n) is 10.1. The van der Waals surface area contributed by atoms with Gasteiger partial charge in [-0.3, -0.25) is 4.79 Å². The monoisotopic (exact) mass is 300 g/mol. The molecule has 0 fully saturated rings. The highest BCUT2D eigenvalue weighted by atomic mass is 79.9. The molecule has 0 aliphatic heterocycles. The molecule has 0 N–H and O–H groups in total. The summed E-state index contributed by atoms with van der Waals surface area (Å²) in [6, 6.07) is 1.81. The molecule has 0 aromatic carbocycles. The van der Waals surface area contributed by atoms with Gasteiger partial charge in [0, 0.05) is 37.9 Å². The zero-order valence-corrected chi connectivity index (χ0v) is 11.7. The van der Waals surface area contributed by atoms with Gasteiger partial charge in [-0.15, -0.1) is 6.58 Å². The van der Waals surface area contributed by atoms with E-state index in [0.717, 1.165) is 4.47 Å². The molecular formula is C12H17BrN2O2. The molecule has 0 aliphatic carbocycles. The summed E-state index contributed by atoms with van der Waals surface area (Å²) < 4.78 is 7.69. The van der Waals surface area contributed by atoms with Crippen LogP contribution >= 0.6 is 15.9 Å². The average molecular weight is 301 g/mol. The van der Waals surface area contributed by atoms with Gasteiger partial charge in [0.25, 0.3) is 5.91 Å². The van der Waals surface area contributed by atoms with Gasteiger partial charge in [0.05, 0.1) is 6.61 Å². The van der Waals surface area contributed by atoms with E-state index in [9.17, 15) is 4.79 Å². The van der Waals surface area contributed by atoms with E-state index in [4.69, 9.17) is 4.74 Å². The first-order valence-electron chi connectivity index (χ1n) is 5.31. The molecular weight excluding hydrogens is 284 g/mol. The van der Waals surface area contributed by atoms with Crippen molar-refractivity contribution >= 4 is 21.8 Å². The first-order chi connectivity index (χ1) is 8.10. The normalized spacial score (nSPS) is 10.3. The minimum Gasteiger partial charge on any atom is -0.383 e. The Balaban J connectivity index is 2.83. The van der Waals surface area contributed by atoms with E-state index in [1.54, 1.807) is 22.7 Å². The maximum atomic E-state index is 12.3. The lowest BCUT2D eigenvalue weighted by Crippen LogP contribution is -2.35. The van der Waals surface area contributed by atoms with Crippen molar-refractivity contribution in [2.45, 2.75) is 0 Å². The standard InChI is InChI=1S/C12H17BrN2O2/c1-4-5-15(6-7-17-3)12(16)11-8-10(13)9-14(11)2/h4,8-9H,1,5-7H2,2-3H3. The van der Waals surface area contributed by atoms with E-state index in [-0.39, 0.29) is 5.91 Å². The molecule has 94 valence electrons. The second-order valence-corrected chi connectivity index (χ2v) is 4.60. The summed E-state index contributed by atoms with van der Waals surface area (Å²) in [4.78, 5) is 14.0. The first-order valence-corrected chi connectivity index (χ1v) is 6.10. The highest BCUT2D eigenvalue weighted by molar-refractivity contribution is 9.10. The van der Waals surface area contributed by atoms with Crippen LogP contribution in [0.4, 0.5) is 0 Å². The van der Waals surface area contributed by atoms with Gasteiger partial charge in [0.2, 0.25) is 0 Å². The summed E-state index contributed by atoms with van der Waals surface area (Å²) in [5.41, 5.74) is 0.648. The molecule has 0 unspecified atom stereocenters. The summed E-state index contributed by atoms with van der Waals surface area (Å²) in [5, 5.41) is 0. The number of methoxy groups -OCH3 is 1. The van der Waals surface area contributed by atoms with Gasteiger partial charge in [0.15, 0.2) is 0 Å². The smallest absolute Gasteiger partial charge is 0.270 e. The van der Waals surface area contributed by atoms with Crippen LogP contribution in [0.5, 0.6) is 0 Å². The molecule has 1 aromatic rings. The Labute approximate surface area is 110 Å². The number of carbonyl (C=O) groups is 1. The third-order valence-electron chi connectivity index (χ3n) is 2.39. The predicted octanol–water partition coefficient (Wildman–Crippen LogP) is 2.06. The Kier molecular flexibility index (Phi) is 5.44. The molecule has 1 rings (SSSR count). The first kappa shape index (κ1) is 14.0. The van der Waals surface area contributed by atoms with Gasteiger partial charge in [-0.1, -0.05) is 6.08 Å². The van der Waals surface area contributed by atoms with Crippen LogP contribution in [0.1, 0.15) is 10.5 Å². The van der Waals surface area contributed by atoms with Gasteiger partial charge in [-0.25, -0.2) is 0 Å². The Hall–Kier alpha value is -1.07. The molecule has 0 saturated carbocycles. The Morgan fingerprint density at radius 2 is 2.41 bits per heavy atom. The van der Waals surface area contributed by atoms with Crippen LogP contribution in [0.2, 0.25) is 0 Å². The van der Waals surface area contributed by atoms with Crippen molar-refractivity contribution in [3.05, 3.63) is 35.1 Å². The van der Waals surface area contributed by atoms with E-state index in [2.05, 4.69) is 22.5 Å². The third kappa shape index (κ3) is 3.71. The zero-order chi connectivity index (χ0) is 12.8. The van der Waals surface area contributed by atoms with Crippen LogP contribution in [0.25, 0.3) is 0 Å². The van der Waals surface area contributed by atoms with Crippen LogP contribution < -0.4 is 0 Å². The van der Waals surface area contributed by atoms with Gasteiger partial charge in [0.1, 0.15) is 5.69 Å². The van der Waals surface area contributed by atoms with E-state index in [0.29, 0.717) is 25.4 Å². The minimum absolute atomic E-state index is 0.0184. The second kappa shape index (κ2) is 6.61.